The summed E-state index contributed by atoms with van der Waals surface area (Å²) in [5.74, 6) is 0.0814. The Morgan fingerprint density at radius 3 is 3.00 bits per heavy atom. The molecule has 1 fully saturated rings. The number of alkyl halides is 1. The maximum Gasteiger partial charge on any atom is 0.254 e. The fourth-order valence-corrected chi connectivity index (χ4v) is 2.49. The standard InChI is InChI=1S/C14H19BrN2O2/c1-16(2)12-5-3-4-11(8-12)14(18)17-6-7-19-13(9-15)10-17/h3-5,8,13H,6-7,9-10H2,1-2H3. The van der Waals surface area contributed by atoms with Gasteiger partial charge in [-0.2, -0.15) is 0 Å². The van der Waals surface area contributed by atoms with Crippen LogP contribution in [0.4, 0.5) is 5.69 Å². The van der Waals surface area contributed by atoms with Crippen molar-refractivity contribution < 1.29 is 9.53 Å². The third kappa shape index (κ3) is 3.48. The molecule has 19 heavy (non-hydrogen) atoms. The molecule has 0 spiro atoms. The zero-order valence-corrected chi connectivity index (χ0v) is 12.9. The average Bonchev–Trinajstić information content (AvgIpc) is 2.46. The summed E-state index contributed by atoms with van der Waals surface area (Å²) in [6.45, 7) is 1.92. The van der Waals surface area contributed by atoms with E-state index in [1.165, 1.54) is 0 Å². The summed E-state index contributed by atoms with van der Waals surface area (Å²) in [5.41, 5.74) is 1.78. The molecule has 1 saturated heterocycles. The molecule has 104 valence electrons. The van der Waals surface area contributed by atoms with Gasteiger partial charge in [0.05, 0.1) is 12.7 Å². The van der Waals surface area contributed by atoms with Crippen molar-refractivity contribution in [2.45, 2.75) is 6.10 Å². The highest BCUT2D eigenvalue weighted by atomic mass is 79.9. The molecule has 4 nitrogen and oxygen atoms in total. The molecule has 0 radical (unpaired) electrons. The van der Waals surface area contributed by atoms with E-state index in [1.807, 2.05) is 48.2 Å². The van der Waals surface area contributed by atoms with Crippen molar-refractivity contribution in [3.63, 3.8) is 0 Å². The summed E-state index contributed by atoms with van der Waals surface area (Å²) < 4.78 is 5.56. The van der Waals surface area contributed by atoms with Gasteiger partial charge in [-0.3, -0.25) is 4.79 Å². The van der Waals surface area contributed by atoms with Gasteiger partial charge in [0, 0.05) is 43.8 Å². The molecular weight excluding hydrogens is 308 g/mol. The molecule has 1 amide bonds. The van der Waals surface area contributed by atoms with Gasteiger partial charge in [0.2, 0.25) is 0 Å². The normalized spacial score (nSPS) is 19.3. The van der Waals surface area contributed by atoms with Crippen molar-refractivity contribution in [2.24, 2.45) is 0 Å². The van der Waals surface area contributed by atoms with Crippen LogP contribution in [0.25, 0.3) is 0 Å². The van der Waals surface area contributed by atoms with Crippen LogP contribution >= 0.6 is 15.9 Å². The molecular formula is C14H19BrN2O2. The molecule has 1 heterocycles. The fourth-order valence-electron chi connectivity index (χ4n) is 2.10. The Labute approximate surface area is 122 Å². The topological polar surface area (TPSA) is 32.8 Å². The molecule has 0 N–H and O–H groups in total. The lowest BCUT2D eigenvalue weighted by Crippen LogP contribution is -2.46. The number of ether oxygens (including phenoxy) is 1. The van der Waals surface area contributed by atoms with Gasteiger partial charge in [-0.25, -0.2) is 0 Å². The predicted molar refractivity (Wildman–Crippen MR) is 80.2 cm³/mol. The highest BCUT2D eigenvalue weighted by molar-refractivity contribution is 9.09. The Kier molecular flexibility index (Phi) is 4.82. The minimum Gasteiger partial charge on any atom is -0.378 e. The van der Waals surface area contributed by atoms with Gasteiger partial charge in [-0.05, 0) is 18.2 Å². The third-order valence-electron chi connectivity index (χ3n) is 3.21. The van der Waals surface area contributed by atoms with Crippen molar-refractivity contribution in [3.8, 4) is 0 Å². The number of nitrogens with zero attached hydrogens (tertiary/aromatic N) is 2. The Morgan fingerprint density at radius 2 is 2.32 bits per heavy atom. The number of hydrogen-bond acceptors (Lipinski definition) is 3. The van der Waals surface area contributed by atoms with Gasteiger partial charge in [-0.15, -0.1) is 0 Å². The number of amides is 1. The summed E-state index contributed by atoms with van der Waals surface area (Å²) in [4.78, 5) is 16.3. The van der Waals surface area contributed by atoms with E-state index in [4.69, 9.17) is 4.74 Å². The minimum atomic E-state index is 0.0814. The van der Waals surface area contributed by atoms with Crippen LogP contribution in [0.1, 0.15) is 10.4 Å². The van der Waals surface area contributed by atoms with E-state index in [2.05, 4.69) is 15.9 Å². The largest absolute Gasteiger partial charge is 0.378 e. The zero-order chi connectivity index (χ0) is 13.8. The first-order valence-corrected chi connectivity index (χ1v) is 7.48. The maximum absolute atomic E-state index is 12.5. The van der Waals surface area contributed by atoms with Crippen LogP contribution in [0.2, 0.25) is 0 Å². The number of benzene rings is 1. The summed E-state index contributed by atoms with van der Waals surface area (Å²) in [5, 5.41) is 0.758. The van der Waals surface area contributed by atoms with E-state index in [0.29, 0.717) is 19.7 Å². The average molecular weight is 327 g/mol. The monoisotopic (exact) mass is 326 g/mol. The molecule has 5 heteroatoms. The summed E-state index contributed by atoms with van der Waals surface area (Å²) in [7, 11) is 3.94. The van der Waals surface area contributed by atoms with Crippen molar-refractivity contribution >= 4 is 27.5 Å². The summed E-state index contributed by atoms with van der Waals surface area (Å²) >= 11 is 3.40. The molecule has 1 aliphatic heterocycles. The van der Waals surface area contributed by atoms with Crippen LogP contribution < -0.4 is 4.90 Å². The lowest BCUT2D eigenvalue weighted by Gasteiger charge is -2.32. The minimum absolute atomic E-state index is 0.0814. The van der Waals surface area contributed by atoms with E-state index < -0.39 is 0 Å². The first kappa shape index (κ1) is 14.3. The first-order valence-electron chi connectivity index (χ1n) is 6.36. The molecule has 1 atom stereocenters. The van der Waals surface area contributed by atoms with Crippen LogP contribution in [0, 0.1) is 0 Å². The van der Waals surface area contributed by atoms with Gasteiger partial charge in [-0.1, -0.05) is 22.0 Å². The van der Waals surface area contributed by atoms with Crippen LogP contribution in [0.5, 0.6) is 0 Å². The highest BCUT2D eigenvalue weighted by Gasteiger charge is 2.24. The number of morpholine rings is 1. The van der Waals surface area contributed by atoms with E-state index in [1.54, 1.807) is 0 Å². The first-order chi connectivity index (χ1) is 9.11. The van der Waals surface area contributed by atoms with Gasteiger partial charge in [0.15, 0.2) is 0 Å². The molecule has 0 aliphatic carbocycles. The molecule has 2 rings (SSSR count). The summed E-state index contributed by atoms with van der Waals surface area (Å²) in [6, 6.07) is 7.72. The molecule has 0 saturated carbocycles. The van der Waals surface area contributed by atoms with E-state index in [0.717, 1.165) is 16.6 Å². The molecule has 0 bridgehead atoms. The quantitative estimate of drug-likeness (QED) is 0.796. The number of anilines is 1. The summed E-state index contributed by atoms with van der Waals surface area (Å²) in [6.07, 6.45) is 0.0923. The molecule has 1 aromatic rings. The van der Waals surface area contributed by atoms with Crippen LogP contribution in [0.15, 0.2) is 24.3 Å². The SMILES string of the molecule is CN(C)c1cccc(C(=O)N2CCOC(CBr)C2)c1. The van der Waals surface area contributed by atoms with Crippen LogP contribution in [-0.2, 0) is 4.74 Å². The van der Waals surface area contributed by atoms with Gasteiger partial charge >= 0.3 is 0 Å². The molecule has 1 unspecified atom stereocenters. The number of carbonyl (C=O) groups excluding carboxylic acids is 1. The molecule has 1 aliphatic rings. The molecule has 1 aromatic carbocycles. The van der Waals surface area contributed by atoms with Gasteiger partial charge < -0.3 is 14.5 Å². The van der Waals surface area contributed by atoms with Crippen LogP contribution in [-0.4, -0.2) is 56.0 Å². The van der Waals surface area contributed by atoms with E-state index >= 15 is 0 Å². The zero-order valence-electron chi connectivity index (χ0n) is 11.3. The van der Waals surface area contributed by atoms with Gasteiger partial charge in [0.25, 0.3) is 5.91 Å². The highest BCUT2D eigenvalue weighted by Crippen LogP contribution is 2.17. The fraction of sp³-hybridized carbons (Fsp3) is 0.500. The second kappa shape index (κ2) is 6.39. The van der Waals surface area contributed by atoms with Gasteiger partial charge in [0.1, 0.15) is 0 Å². The smallest absolute Gasteiger partial charge is 0.254 e. The number of halogens is 1. The Bertz CT molecular complexity index is 451. The lowest BCUT2D eigenvalue weighted by atomic mass is 10.1. The second-order valence-electron chi connectivity index (χ2n) is 4.84. The lowest BCUT2D eigenvalue weighted by molar-refractivity contribution is -0.00964. The number of carbonyl (C=O) groups is 1. The van der Waals surface area contributed by atoms with Crippen molar-refractivity contribution in [3.05, 3.63) is 29.8 Å². The van der Waals surface area contributed by atoms with Crippen LogP contribution in [0.3, 0.4) is 0 Å². The predicted octanol–water partition coefficient (Wildman–Crippen LogP) is 1.99. The van der Waals surface area contributed by atoms with Crippen molar-refractivity contribution in [2.75, 3.05) is 44.0 Å². The number of hydrogen-bond donors (Lipinski definition) is 0. The maximum atomic E-state index is 12.5. The van der Waals surface area contributed by atoms with Crippen molar-refractivity contribution in [1.29, 1.82) is 0 Å². The third-order valence-corrected chi connectivity index (χ3v) is 3.93. The van der Waals surface area contributed by atoms with E-state index in [-0.39, 0.29) is 12.0 Å². The van der Waals surface area contributed by atoms with Crippen molar-refractivity contribution in [1.82, 2.24) is 4.90 Å². The molecule has 0 aromatic heterocycles. The Balaban J connectivity index is 2.12. The van der Waals surface area contributed by atoms with E-state index in [9.17, 15) is 4.79 Å². The number of rotatable bonds is 3. The Morgan fingerprint density at radius 1 is 1.53 bits per heavy atom. The Hall–Kier alpha value is -1.07. The second-order valence-corrected chi connectivity index (χ2v) is 5.49.